The zero-order valence-corrected chi connectivity index (χ0v) is 21.1. The Morgan fingerprint density at radius 1 is 1.05 bits per heavy atom. The standard InChI is InChI=1S/C28H32F3N3O4/c29-28(30,31)38-22-9-4-8-21(16-22)17-25(35)34-13-12-27(11-5-10-24(27)34)32-26(36)23-19-33(14-15-37-23)18-20-6-2-1-3-7-20/h1-4,6-9,16,23-24H,5,10-15,17-19H2,(H,32,36)/t23?,24-,27+/m0/s1. The van der Waals surface area contributed by atoms with E-state index < -0.39 is 18.0 Å². The molecular formula is C28H32F3N3O4. The fraction of sp³-hybridized carbons (Fsp3) is 0.500. The van der Waals surface area contributed by atoms with Crippen molar-refractivity contribution in [2.24, 2.45) is 0 Å². The van der Waals surface area contributed by atoms with Gasteiger partial charge in [0.25, 0.3) is 5.91 Å². The second-order valence-corrected chi connectivity index (χ2v) is 10.3. The maximum atomic E-state index is 13.3. The number of carbonyl (C=O) groups is 2. The molecule has 3 aliphatic rings. The number of hydrogen-bond acceptors (Lipinski definition) is 5. The number of ether oxygens (including phenoxy) is 2. The lowest BCUT2D eigenvalue weighted by Gasteiger charge is -2.37. The van der Waals surface area contributed by atoms with E-state index >= 15 is 0 Å². The summed E-state index contributed by atoms with van der Waals surface area (Å²) in [6.45, 7) is 2.97. The van der Waals surface area contributed by atoms with E-state index in [0.29, 0.717) is 31.7 Å². The zero-order chi connectivity index (χ0) is 26.8. The van der Waals surface area contributed by atoms with Crippen LogP contribution in [0.3, 0.4) is 0 Å². The normalized spacial score (nSPS) is 25.7. The second-order valence-electron chi connectivity index (χ2n) is 10.3. The van der Waals surface area contributed by atoms with Crippen molar-refractivity contribution in [2.75, 3.05) is 26.2 Å². The number of nitrogens with zero attached hydrogens (tertiary/aromatic N) is 2. The summed E-state index contributed by atoms with van der Waals surface area (Å²) in [4.78, 5) is 30.6. The topological polar surface area (TPSA) is 71.1 Å². The Morgan fingerprint density at radius 2 is 1.84 bits per heavy atom. The van der Waals surface area contributed by atoms with Crippen molar-refractivity contribution in [1.29, 1.82) is 0 Å². The molecule has 0 bridgehead atoms. The Hall–Kier alpha value is -3.11. The van der Waals surface area contributed by atoms with Gasteiger partial charge in [-0.3, -0.25) is 14.5 Å². The van der Waals surface area contributed by atoms with Crippen molar-refractivity contribution in [3.05, 3.63) is 65.7 Å². The third kappa shape index (κ3) is 6.13. The van der Waals surface area contributed by atoms with E-state index in [9.17, 15) is 22.8 Å². The van der Waals surface area contributed by atoms with E-state index in [2.05, 4.69) is 27.1 Å². The molecule has 1 saturated carbocycles. The van der Waals surface area contributed by atoms with Gasteiger partial charge in [-0.25, -0.2) is 0 Å². The van der Waals surface area contributed by atoms with Crippen LogP contribution in [0.25, 0.3) is 0 Å². The summed E-state index contributed by atoms with van der Waals surface area (Å²) in [6, 6.07) is 15.5. The lowest BCUT2D eigenvalue weighted by atomic mass is 9.92. The number of halogens is 3. The third-order valence-corrected chi connectivity index (χ3v) is 7.79. The third-order valence-electron chi connectivity index (χ3n) is 7.79. The maximum Gasteiger partial charge on any atom is 0.573 e. The molecule has 2 aromatic carbocycles. The predicted molar refractivity (Wildman–Crippen MR) is 133 cm³/mol. The Labute approximate surface area is 219 Å². The molecule has 3 fully saturated rings. The van der Waals surface area contributed by atoms with E-state index in [-0.39, 0.29) is 30.0 Å². The van der Waals surface area contributed by atoms with E-state index in [1.807, 2.05) is 18.2 Å². The summed E-state index contributed by atoms with van der Waals surface area (Å²) in [6.07, 6.45) is -2.32. The van der Waals surface area contributed by atoms with Crippen molar-refractivity contribution in [3.63, 3.8) is 0 Å². The summed E-state index contributed by atoms with van der Waals surface area (Å²) >= 11 is 0. The van der Waals surface area contributed by atoms with Crippen LogP contribution in [0.15, 0.2) is 54.6 Å². The van der Waals surface area contributed by atoms with E-state index in [0.717, 1.165) is 32.4 Å². The first kappa shape index (κ1) is 26.5. The second kappa shape index (κ2) is 10.9. The van der Waals surface area contributed by atoms with Gasteiger partial charge in [0.05, 0.1) is 24.6 Å². The highest BCUT2D eigenvalue weighted by atomic mass is 19.4. The van der Waals surface area contributed by atoms with Crippen LogP contribution >= 0.6 is 0 Å². The number of benzene rings is 2. The van der Waals surface area contributed by atoms with Crippen molar-refractivity contribution in [3.8, 4) is 5.75 Å². The minimum absolute atomic E-state index is 0.0320. The monoisotopic (exact) mass is 531 g/mol. The Morgan fingerprint density at radius 3 is 2.63 bits per heavy atom. The number of hydrogen-bond donors (Lipinski definition) is 1. The predicted octanol–water partition coefficient (Wildman–Crippen LogP) is 3.67. The molecule has 0 spiro atoms. The zero-order valence-electron chi connectivity index (χ0n) is 21.1. The molecule has 2 amide bonds. The van der Waals surface area contributed by atoms with Crippen LogP contribution in [-0.4, -0.2) is 71.9 Å². The molecule has 38 heavy (non-hydrogen) atoms. The highest BCUT2D eigenvalue weighted by Gasteiger charge is 2.53. The first-order valence-electron chi connectivity index (χ1n) is 13.0. The summed E-state index contributed by atoms with van der Waals surface area (Å²) in [7, 11) is 0. The molecule has 2 heterocycles. The summed E-state index contributed by atoms with van der Waals surface area (Å²) in [5.41, 5.74) is 1.13. The minimum atomic E-state index is -4.79. The SMILES string of the molecule is O=C(N[C@@]12CCC[C@@H]1N(C(=O)Cc1cccc(OC(F)(F)F)c1)CC2)C1CN(Cc2ccccc2)CCO1. The molecule has 2 saturated heterocycles. The number of fused-ring (bicyclic) bond motifs is 1. The minimum Gasteiger partial charge on any atom is -0.406 e. The number of nitrogens with one attached hydrogen (secondary N) is 1. The Balaban J connectivity index is 1.20. The number of alkyl halides is 3. The van der Waals surface area contributed by atoms with Gasteiger partial charge in [-0.15, -0.1) is 13.2 Å². The average Bonchev–Trinajstić information content (AvgIpc) is 3.42. The smallest absolute Gasteiger partial charge is 0.406 e. The van der Waals surface area contributed by atoms with Gasteiger partial charge < -0.3 is 19.7 Å². The number of likely N-dealkylation sites (tertiary alicyclic amines) is 1. The maximum absolute atomic E-state index is 13.3. The van der Waals surface area contributed by atoms with Crippen LogP contribution in [0.4, 0.5) is 13.2 Å². The number of carbonyl (C=O) groups excluding carboxylic acids is 2. The molecule has 0 aromatic heterocycles. The summed E-state index contributed by atoms with van der Waals surface area (Å²) in [5, 5.41) is 3.26. The van der Waals surface area contributed by atoms with Crippen LogP contribution in [0.1, 0.15) is 36.8 Å². The molecule has 10 heteroatoms. The van der Waals surface area contributed by atoms with Crippen LogP contribution < -0.4 is 10.1 Å². The van der Waals surface area contributed by atoms with Crippen LogP contribution in [0.5, 0.6) is 5.75 Å². The Kier molecular flexibility index (Phi) is 7.63. The number of morpholine rings is 1. The first-order chi connectivity index (χ1) is 18.2. The van der Waals surface area contributed by atoms with Gasteiger partial charge in [0.15, 0.2) is 0 Å². The van der Waals surface area contributed by atoms with Gasteiger partial charge >= 0.3 is 6.36 Å². The number of amides is 2. The highest BCUT2D eigenvalue weighted by molar-refractivity contribution is 5.83. The molecule has 1 unspecified atom stereocenters. The van der Waals surface area contributed by atoms with Crippen molar-refractivity contribution >= 4 is 11.8 Å². The molecule has 3 atom stereocenters. The first-order valence-corrected chi connectivity index (χ1v) is 13.0. The highest BCUT2D eigenvalue weighted by Crippen LogP contribution is 2.42. The molecule has 0 radical (unpaired) electrons. The molecule has 2 aliphatic heterocycles. The number of rotatable bonds is 7. The van der Waals surface area contributed by atoms with Crippen LogP contribution in [0.2, 0.25) is 0 Å². The fourth-order valence-corrected chi connectivity index (χ4v) is 6.08. The molecule has 5 rings (SSSR count). The Bertz CT molecular complexity index is 1150. The molecule has 7 nitrogen and oxygen atoms in total. The van der Waals surface area contributed by atoms with Crippen molar-refractivity contribution in [1.82, 2.24) is 15.1 Å². The van der Waals surface area contributed by atoms with E-state index in [1.54, 1.807) is 11.0 Å². The lowest BCUT2D eigenvalue weighted by Crippen LogP contribution is -2.59. The molecule has 204 valence electrons. The lowest BCUT2D eigenvalue weighted by molar-refractivity contribution is -0.274. The van der Waals surface area contributed by atoms with E-state index in [4.69, 9.17) is 4.74 Å². The van der Waals surface area contributed by atoms with Gasteiger partial charge in [0.1, 0.15) is 11.9 Å². The molecule has 1 aliphatic carbocycles. The molecule has 2 aromatic rings. The average molecular weight is 532 g/mol. The fourth-order valence-electron chi connectivity index (χ4n) is 6.08. The molecule has 1 N–H and O–H groups in total. The van der Waals surface area contributed by atoms with Gasteiger partial charge in [-0.1, -0.05) is 42.5 Å². The quantitative estimate of drug-likeness (QED) is 0.591. The van der Waals surface area contributed by atoms with Crippen LogP contribution in [-0.2, 0) is 27.3 Å². The summed E-state index contributed by atoms with van der Waals surface area (Å²) in [5.74, 6) is -0.665. The van der Waals surface area contributed by atoms with Gasteiger partial charge in [-0.2, -0.15) is 0 Å². The van der Waals surface area contributed by atoms with Crippen molar-refractivity contribution in [2.45, 2.75) is 62.7 Å². The van der Waals surface area contributed by atoms with Gasteiger partial charge in [0, 0.05) is 26.2 Å². The van der Waals surface area contributed by atoms with Crippen molar-refractivity contribution < 1.29 is 32.2 Å². The van der Waals surface area contributed by atoms with E-state index in [1.165, 1.54) is 23.8 Å². The largest absolute Gasteiger partial charge is 0.573 e. The van der Waals surface area contributed by atoms with Crippen LogP contribution in [0, 0.1) is 0 Å². The summed E-state index contributed by atoms with van der Waals surface area (Å²) < 4.78 is 47.6. The van der Waals surface area contributed by atoms with Gasteiger partial charge in [-0.05, 0) is 48.9 Å². The van der Waals surface area contributed by atoms with Gasteiger partial charge in [0.2, 0.25) is 5.91 Å². The molecular weight excluding hydrogens is 499 g/mol.